The zero-order valence-corrected chi connectivity index (χ0v) is 15.7. The molecule has 0 saturated carbocycles. The van der Waals surface area contributed by atoms with E-state index in [9.17, 15) is 5.11 Å². The van der Waals surface area contributed by atoms with Gasteiger partial charge < -0.3 is 9.84 Å². The van der Waals surface area contributed by atoms with Crippen LogP contribution in [0.1, 0.15) is 18.9 Å². The van der Waals surface area contributed by atoms with Gasteiger partial charge in [0.2, 0.25) is 5.95 Å². The van der Waals surface area contributed by atoms with E-state index in [1.54, 1.807) is 18.6 Å². The van der Waals surface area contributed by atoms with Crippen molar-refractivity contribution >= 4 is 17.1 Å². The Morgan fingerprint density at radius 1 is 1.22 bits per heavy atom. The minimum absolute atomic E-state index is 0.278. The smallest absolute Gasteiger partial charge is 0.242 e. The molecule has 8 heteroatoms. The second kappa shape index (κ2) is 7.50. The summed E-state index contributed by atoms with van der Waals surface area (Å²) in [4.78, 5) is 13.8. The first-order valence-corrected chi connectivity index (χ1v) is 9.27. The Kier molecular flexibility index (Phi) is 4.91. The lowest BCUT2D eigenvalue weighted by Crippen LogP contribution is -2.50. The van der Waals surface area contributed by atoms with Gasteiger partial charge in [0.25, 0.3) is 0 Å². The number of hydrazine groups is 1. The summed E-state index contributed by atoms with van der Waals surface area (Å²) in [6.45, 7) is 7.96. The first-order valence-electron chi connectivity index (χ1n) is 9.27. The summed E-state index contributed by atoms with van der Waals surface area (Å²) in [6.07, 6.45) is 4.51. The van der Waals surface area contributed by atoms with Gasteiger partial charge in [-0.1, -0.05) is 6.92 Å². The van der Waals surface area contributed by atoms with E-state index < -0.39 is 0 Å². The summed E-state index contributed by atoms with van der Waals surface area (Å²) in [6, 6.07) is 5.47. The summed E-state index contributed by atoms with van der Waals surface area (Å²) in [7, 11) is 0. The number of morpholine rings is 1. The number of benzene rings is 1. The number of imidazole rings is 1. The third kappa shape index (κ3) is 3.45. The van der Waals surface area contributed by atoms with Crippen LogP contribution in [0.4, 0.5) is 5.95 Å². The van der Waals surface area contributed by atoms with E-state index in [2.05, 4.69) is 26.9 Å². The van der Waals surface area contributed by atoms with E-state index in [-0.39, 0.29) is 5.75 Å². The van der Waals surface area contributed by atoms with Crippen LogP contribution in [0.5, 0.6) is 5.75 Å². The highest BCUT2D eigenvalue weighted by Gasteiger charge is 2.21. The number of phenolic OH excluding ortho intramolecular Hbond substituents is 1. The highest BCUT2D eigenvalue weighted by atomic mass is 16.5. The maximum atomic E-state index is 9.80. The van der Waals surface area contributed by atoms with E-state index in [0.717, 1.165) is 48.5 Å². The molecule has 27 heavy (non-hydrogen) atoms. The Labute approximate surface area is 158 Å². The zero-order valence-electron chi connectivity index (χ0n) is 15.7. The van der Waals surface area contributed by atoms with Gasteiger partial charge in [0.1, 0.15) is 17.6 Å². The molecule has 4 rings (SSSR count). The van der Waals surface area contributed by atoms with E-state index >= 15 is 0 Å². The van der Waals surface area contributed by atoms with Crippen LogP contribution in [0.2, 0.25) is 0 Å². The monoisotopic (exact) mass is 368 g/mol. The average molecular weight is 368 g/mol. The largest absolute Gasteiger partial charge is 0.508 e. The lowest BCUT2D eigenvalue weighted by molar-refractivity contribution is 0.0308. The summed E-state index contributed by atoms with van der Waals surface area (Å²) in [5, 5.41) is 14.2. The number of hydrogen-bond donors (Lipinski definition) is 1. The van der Waals surface area contributed by atoms with Crippen molar-refractivity contribution in [2.24, 2.45) is 0 Å². The summed E-state index contributed by atoms with van der Waals surface area (Å²) in [5.41, 5.74) is 3.21. The molecule has 3 heterocycles. The van der Waals surface area contributed by atoms with Gasteiger partial charge in [-0.15, -0.1) is 0 Å². The molecule has 8 nitrogen and oxygen atoms in total. The Hall–Kier alpha value is -2.71. The lowest BCUT2D eigenvalue weighted by atomic mass is 10.2. The number of aromatic nitrogens is 4. The molecule has 0 radical (unpaired) electrons. The van der Waals surface area contributed by atoms with Crippen LogP contribution in [0.15, 0.2) is 30.7 Å². The molecule has 0 aliphatic carbocycles. The third-order valence-corrected chi connectivity index (χ3v) is 4.73. The van der Waals surface area contributed by atoms with Crippen LogP contribution in [-0.4, -0.2) is 62.5 Å². The van der Waals surface area contributed by atoms with Crippen LogP contribution >= 0.6 is 0 Å². The van der Waals surface area contributed by atoms with Crippen LogP contribution in [-0.2, 0) is 4.74 Å². The van der Waals surface area contributed by atoms with Crippen molar-refractivity contribution in [3.63, 3.8) is 0 Å². The number of anilines is 1. The molecule has 0 bridgehead atoms. The zero-order chi connectivity index (χ0) is 18.8. The van der Waals surface area contributed by atoms with Crippen molar-refractivity contribution in [1.29, 1.82) is 0 Å². The number of aromatic hydroxyl groups is 1. The first-order chi connectivity index (χ1) is 13.2. The lowest BCUT2D eigenvalue weighted by Gasteiger charge is -2.37. The Morgan fingerprint density at radius 3 is 2.78 bits per heavy atom. The molecular formula is C19H24N6O2. The summed E-state index contributed by atoms with van der Waals surface area (Å²) in [5.74, 6) is 0.948. The van der Waals surface area contributed by atoms with Gasteiger partial charge in [-0.3, -0.25) is 9.58 Å². The van der Waals surface area contributed by atoms with Crippen LogP contribution in [0, 0.1) is 6.92 Å². The van der Waals surface area contributed by atoms with Gasteiger partial charge in [-0.25, -0.2) is 15.0 Å². The Morgan fingerprint density at radius 2 is 2.04 bits per heavy atom. The maximum absolute atomic E-state index is 9.80. The van der Waals surface area contributed by atoms with E-state index in [1.165, 1.54) is 0 Å². The topological polar surface area (TPSA) is 79.5 Å². The molecular weight excluding hydrogens is 344 g/mol. The van der Waals surface area contributed by atoms with Crippen LogP contribution < -0.4 is 5.01 Å². The number of ether oxygens (including phenoxy) is 1. The SMILES string of the molecule is CCCN(c1ncc2ncn(-c3ccc(O)c(C)c3)c2n1)N1CCOCC1. The molecule has 2 aromatic heterocycles. The van der Waals surface area contributed by atoms with Crippen molar-refractivity contribution in [2.45, 2.75) is 20.3 Å². The minimum Gasteiger partial charge on any atom is -0.508 e. The van der Waals surface area contributed by atoms with Crippen molar-refractivity contribution < 1.29 is 9.84 Å². The Balaban J connectivity index is 1.74. The molecule has 0 atom stereocenters. The number of hydrogen-bond acceptors (Lipinski definition) is 7. The van der Waals surface area contributed by atoms with E-state index in [4.69, 9.17) is 9.72 Å². The minimum atomic E-state index is 0.278. The van der Waals surface area contributed by atoms with Crippen molar-refractivity contribution in [2.75, 3.05) is 37.9 Å². The average Bonchev–Trinajstić information content (AvgIpc) is 3.12. The van der Waals surface area contributed by atoms with Gasteiger partial charge in [0.15, 0.2) is 5.65 Å². The standard InChI is InChI=1S/C19H24N6O2/c1-3-6-25(23-7-9-27-10-8-23)19-20-12-16-18(22-19)24(13-21-16)15-4-5-17(26)14(2)11-15/h4-5,11-13,26H,3,6-10H2,1-2H3. The number of nitrogens with zero attached hydrogens (tertiary/aromatic N) is 6. The van der Waals surface area contributed by atoms with Crippen molar-refractivity contribution in [3.8, 4) is 11.4 Å². The van der Waals surface area contributed by atoms with Crippen LogP contribution in [0.25, 0.3) is 16.9 Å². The van der Waals surface area contributed by atoms with Gasteiger partial charge in [0, 0.05) is 25.3 Å². The molecule has 1 aromatic carbocycles. The second-order valence-corrected chi connectivity index (χ2v) is 6.65. The maximum Gasteiger partial charge on any atom is 0.242 e. The molecule has 1 aliphatic rings. The number of fused-ring (bicyclic) bond motifs is 1. The van der Waals surface area contributed by atoms with Gasteiger partial charge in [0.05, 0.1) is 19.4 Å². The molecule has 0 unspecified atom stereocenters. The molecule has 1 aliphatic heterocycles. The summed E-state index contributed by atoms with van der Waals surface area (Å²) < 4.78 is 7.40. The van der Waals surface area contributed by atoms with Crippen molar-refractivity contribution in [1.82, 2.24) is 24.5 Å². The van der Waals surface area contributed by atoms with E-state index in [1.807, 2.05) is 23.6 Å². The fourth-order valence-corrected chi connectivity index (χ4v) is 3.28. The number of phenols is 1. The van der Waals surface area contributed by atoms with Gasteiger partial charge >= 0.3 is 0 Å². The van der Waals surface area contributed by atoms with Crippen molar-refractivity contribution in [3.05, 3.63) is 36.3 Å². The number of aryl methyl sites for hydroxylation is 1. The highest BCUT2D eigenvalue weighted by Crippen LogP contribution is 2.23. The molecule has 3 aromatic rings. The molecule has 0 spiro atoms. The quantitative estimate of drug-likeness (QED) is 0.740. The second-order valence-electron chi connectivity index (χ2n) is 6.65. The molecule has 0 amide bonds. The summed E-state index contributed by atoms with van der Waals surface area (Å²) >= 11 is 0. The fourth-order valence-electron chi connectivity index (χ4n) is 3.28. The predicted octanol–water partition coefficient (Wildman–Crippen LogP) is 2.29. The van der Waals surface area contributed by atoms with Gasteiger partial charge in [-0.2, -0.15) is 4.98 Å². The molecule has 1 saturated heterocycles. The van der Waals surface area contributed by atoms with Crippen LogP contribution in [0.3, 0.4) is 0 Å². The van der Waals surface area contributed by atoms with E-state index in [0.29, 0.717) is 19.2 Å². The Bertz CT molecular complexity index is 935. The fraction of sp³-hybridized carbons (Fsp3) is 0.421. The van der Waals surface area contributed by atoms with Gasteiger partial charge in [-0.05, 0) is 37.1 Å². The predicted molar refractivity (Wildman–Crippen MR) is 103 cm³/mol. The highest BCUT2D eigenvalue weighted by molar-refractivity contribution is 5.73. The normalized spacial score (nSPS) is 15.3. The number of rotatable bonds is 5. The third-order valence-electron chi connectivity index (χ3n) is 4.73. The molecule has 142 valence electrons. The molecule has 1 N–H and O–H groups in total. The molecule has 1 fully saturated rings. The first kappa shape index (κ1) is 17.7.